The number of carbonyl (C=O) groups excluding carboxylic acids is 1. The van der Waals surface area contributed by atoms with Gasteiger partial charge in [-0.1, -0.05) is 72.8 Å². The number of amides is 2. The fourth-order valence-electron chi connectivity index (χ4n) is 2.60. The van der Waals surface area contributed by atoms with Crippen molar-refractivity contribution in [2.24, 2.45) is 0 Å². The zero-order chi connectivity index (χ0) is 20.4. The summed E-state index contributed by atoms with van der Waals surface area (Å²) in [5.74, 6) is 0. The second kappa shape index (κ2) is 10.4. The van der Waals surface area contributed by atoms with Crippen LogP contribution in [0.25, 0.3) is 0 Å². The SMILES string of the molecule is C=CCN(Cc1ccccc1)C(=O)NS(=O)(=O)N(CC=C)Cc1ccccc1. The van der Waals surface area contributed by atoms with Crippen molar-refractivity contribution in [3.8, 4) is 0 Å². The molecule has 1 N–H and O–H groups in total. The lowest BCUT2D eigenvalue weighted by molar-refractivity contribution is 0.206. The number of carbonyl (C=O) groups is 1. The molecule has 0 unspecified atom stereocenters. The highest BCUT2D eigenvalue weighted by Gasteiger charge is 2.26. The molecule has 0 radical (unpaired) electrons. The van der Waals surface area contributed by atoms with Crippen molar-refractivity contribution < 1.29 is 13.2 Å². The molecular weight excluding hydrogens is 374 g/mol. The molecule has 0 saturated carbocycles. The van der Waals surface area contributed by atoms with Crippen LogP contribution in [0.4, 0.5) is 4.79 Å². The van der Waals surface area contributed by atoms with Crippen LogP contribution in [0.3, 0.4) is 0 Å². The molecule has 0 aliphatic rings. The lowest BCUT2D eigenvalue weighted by atomic mass is 10.2. The van der Waals surface area contributed by atoms with Crippen LogP contribution < -0.4 is 4.72 Å². The molecule has 28 heavy (non-hydrogen) atoms. The largest absolute Gasteiger partial charge is 0.332 e. The molecule has 0 fully saturated rings. The number of hydrogen-bond donors (Lipinski definition) is 1. The van der Waals surface area contributed by atoms with Crippen molar-refractivity contribution in [2.45, 2.75) is 13.1 Å². The first-order valence-corrected chi connectivity index (χ1v) is 10.3. The number of hydrogen-bond acceptors (Lipinski definition) is 3. The van der Waals surface area contributed by atoms with Gasteiger partial charge in [0.25, 0.3) is 0 Å². The lowest BCUT2D eigenvalue weighted by Crippen LogP contribution is -2.48. The fraction of sp³-hybridized carbons (Fsp3) is 0.190. The van der Waals surface area contributed by atoms with Gasteiger partial charge in [-0.05, 0) is 11.1 Å². The Balaban J connectivity index is 2.14. The topological polar surface area (TPSA) is 69.7 Å². The number of rotatable bonds is 10. The third-order valence-electron chi connectivity index (χ3n) is 3.94. The van der Waals surface area contributed by atoms with E-state index in [0.717, 1.165) is 11.1 Å². The molecule has 0 aromatic heterocycles. The van der Waals surface area contributed by atoms with Crippen molar-refractivity contribution in [1.29, 1.82) is 0 Å². The Morgan fingerprint density at radius 3 is 1.86 bits per heavy atom. The van der Waals surface area contributed by atoms with E-state index in [2.05, 4.69) is 17.9 Å². The first-order valence-electron chi connectivity index (χ1n) is 8.82. The predicted molar refractivity (Wildman–Crippen MR) is 112 cm³/mol. The van der Waals surface area contributed by atoms with Gasteiger partial charge < -0.3 is 4.90 Å². The highest BCUT2D eigenvalue weighted by Crippen LogP contribution is 2.10. The van der Waals surface area contributed by atoms with Gasteiger partial charge in [0.1, 0.15) is 0 Å². The minimum atomic E-state index is -4.05. The third kappa shape index (κ3) is 6.37. The Morgan fingerprint density at radius 1 is 0.857 bits per heavy atom. The maximum atomic E-state index is 12.8. The van der Waals surface area contributed by atoms with Gasteiger partial charge in [-0.25, -0.2) is 9.52 Å². The molecule has 7 heteroatoms. The number of benzene rings is 2. The van der Waals surface area contributed by atoms with E-state index < -0.39 is 16.2 Å². The van der Waals surface area contributed by atoms with E-state index in [1.165, 1.54) is 15.3 Å². The normalized spacial score (nSPS) is 11.0. The summed E-state index contributed by atoms with van der Waals surface area (Å²) in [4.78, 5) is 14.0. The third-order valence-corrected chi connectivity index (χ3v) is 5.33. The van der Waals surface area contributed by atoms with Gasteiger partial charge in [-0.3, -0.25) is 0 Å². The molecular formula is C21H25N3O3S. The molecule has 0 bridgehead atoms. The van der Waals surface area contributed by atoms with E-state index in [1.54, 1.807) is 6.08 Å². The maximum Gasteiger partial charge on any atom is 0.332 e. The van der Waals surface area contributed by atoms with Crippen LogP contribution in [0, 0.1) is 0 Å². The quantitative estimate of drug-likeness (QED) is 0.623. The van der Waals surface area contributed by atoms with Gasteiger partial charge in [-0.15, -0.1) is 13.2 Å². The van der Waals surface area contributed by atoms with Crippen molar-refractivity contribution in [3.05, 3.63) is 97.1 Å². The monoisotopic (exact) mass is 399 g/mol. The lowest BCUT2D eigenvalue weighted by Gasteiger charge is -2.25. The molecule has 2 amide bonds. The second-order valence-electron chi connectivity index (χ2n) is 6.13. The molecule has 0 heterocycles. The van der Waals surface area contributed by atoms with Crippen LogP contribution in [0.1, 0.15) is 11.1 Å². The highest BCUT2D eigenvalue weighted by molar-refractivity contribution is 7.87. The summed E-state index contributed by atoms with van der Waals surface area (Å²) in [5.41, 5.74) is 1.71. The first-order chi connectivity index (χ1) is 13.5. The average molecular weight is 400 g/mol. The van der Waals surface area contributed by atoms with Crippen molar-refractivity contribution >= 4 is 16.2 Å². The molecule has 0 atom stereocenters. The molecule has 2 rings (SSSR count). The van der Waals surface area contributed by atoms with E-state index in [9.17, 15) is 13.2 Å². The Hall–Kier alpha value is -2.90. The van der Waals surface area contributed by atoms with Gasteiger partial charge >= 0.3 is 16.2 Å². The summed E-state index contributed by atoms with van der Waals surface area (Å²) in [6.07, 6.45) is 3.04. The predicted octanol–water partition coefficient (Wildman–Crippen LogP) is 3.32. The van der Waals surface area contributed by atoms with E-state index in [4.69, 9.17) is 0 Å². The van der Waals surface area contributed by atoms with Crippen molar-refractivity contribution in [1.82, 2.24) is 13.9 Å². The molecule has 0 saturated heterocycles. The van der Waals surface area contributed by atoms with Gasteiger partial charge in [-0.2, -0.15) is 12.7 Å². The minimum absolute atomic E-state index is 0.0810. The summed E-state index contributed by atoms with van der Waals surface area (Å²) < 4.78 is 28.9. The minimum Gasteiger partial charge on any atom is -0.316 e. The van der Waals surface area contributed by atoms with Crippen LogP contribution >= 0.6 is 0 Å². The number of urea groups is 1. The molecule has 148 valence electrons. The first kappa shape index (κ1) is 21.4. The maximum absolute atomic E-state index is 12.8. The van der Waals surface area contributed by atoms with Crippen LogP contribution in [-0.2, 0) is 23.3 Å². The van der Waals surface area contributed by atoms with E-state index >= 15 is 0 Å². The fourth-order valence-corrected chi connectivity index (χ4v) is 3.70. The smallest absolute Gasteiger partial charge is 0.316 e. The molecule has 0 spiro atoms. The zero-order valence-corrected chi connectivity index (χ0v) is 16.5. The van der Waals surface area contributed by atoms with Crippen molar-refractivity contribution in [2.75, 3.05) is 13.1 Å². The van der Waals surface area contributed by atoms with E-state index in [1.807, 2.05) is 60.7 Å². The molecule has 0 aliphatic heterocycles. The van der Waals surface area contributed by atoms with Gasteiger partial charge in [0, 0.05) is 26.2 Å². The standard InChI is InChI=1S/C21H25N3O3S/c1-3-15-23(17-19-11-7-5-8-12-19)21(25)22-28(26,27)24(16-4-2)18-20-13-9-6-10-14-20/h3-14H,1-2,15-18H2,(H,22,25). The molecule has 0 aliphatic carbocycles. The Bertz CT molecular complexity index is 884. The van der Waals surface area contributed by atoms with Crippen LogP contribution in [0.2, 0.25) is 0 Å². The zero-order valence-electron chi connectivity index (χ0n) is 15.7. The van der Waals surface area contributed by atoms with Gasteiger partial charge in [0.05, 0.1) is 0 Å². The molecule has 2 aromatic rings. The Labute approximate surface area is 167 Å². The van der Waals surface area contributed by atoms with E-state index in [-0.39, 0.29) is 26.2 Å². The summed E-state index contributed by atoms with van der Waals surface area (Å²) in [7, 11) is -4.05. The van der Waals surface area contributed by atoms with Crippen LogP contribution in [0.15, 0.2) is 86.0 Å². The summed E-state index contributed by atoms with van der Waals surface area (Å²) in [6.45, 7) is 7.97. The van der Waals surface area contributed by atoms with Crippen molar-refractivity contribution in [3.63, 3.8) is 0 Å². The molecule has 2 aromatic carbocycles. The molecule has 6 nitrogen and oxygen atoms in total. The van der Waals surface area contributed by atoms with Gasteiger partial charge in [0.2, 0.25) is 0 Å². The number of nitrogens with one attached hydrogen (secondary N) is 1. The van der Waals surface area contributed by atoms with Crippen LogP contribution in [-0.4, -0.2) is 36.7 Å². The summed E-state index contributed by atoms with van der Waals surface area (Å²) >= 11 is 0. The average Bonchev–Trinajstić information content (AvgIpc) is 2.68. The van der Waals surface area contributed by atoms with Gasteiger partial charge in [0.15, 0.2) is 0 Å². The Kier molecular flexibility index (Phi) is 7.98. The Morgan fingerprint density at radius 2 is 1.36 bits per heavy atom. The second-order valence-corrected chi connectivity index (χ2v) is 7.80. The van der Waals surface area contributed by atoms with Crippen LogP contribution in [0.5, 0.6) is 0 Å². The number of nitrogens with zero attached hydrogens (tertiary/aromatic N) is 2. The highest BCUT2D eigenvalue weighted by atomic mass is 32.2. The summed E-state index contributed by atoms with van der Waals surface area (Å²) in [5, 5.41) is 0. The van der Waals surface area contributed by atoms with E-state index in [0.29, 0.717) is 0 Å². The summed E-state index contributed by atoms with van der Waals surface area (Å²) in [6, 6.07) is 17.8.